The first-order valence-electron chi connectivity index (χ1n) is 4.67. The van der Waals surface area contributed by atoms with Gasteiger partial charge >= 0.3 is 28.9 Å². The Balaban J connectivity index is 0.000000437. The molecule has 0 aliphatic carbocycles. The van der Waals surface area contributed by atoms with Crippen LogP contribution in [0.1, 0.15) is 12.8 Å². The summed E-state index contributed by atoms with van der Waals surface area (Å²) < 4.78 is 35.3. The molecule has 1 aliphatic heterocycles. The molecule has 0 aromatic rings. The van der Waals surface area contributed by atoms with Crippen LogP contribution in [0.3, 0.4) is 0 Å². The van der Waals surface area contributed by atoms with Gasteiger partial charge in [-0.3, -0.25) is 0 Å². The Morgan fingerprint density at radius 3 is 2.47 bits per heavy atom. The van der Waals surface area contributed by atoms with E-state index in [4.69, 9.17) is 23.4 Å². The van der Waals surface area contributed by atoms with E-state index in [1.807, 2.05) is 12.2 Å². The quantitative estimate of drug-likeness (QED) is 0.517. The number of allylic oxidation sites excluding steroid dienone is 4. The first kappa shape index (κ1) is 15.8. The number of halogens is 1. The molecule has 0 aromatic heterocycles. The van der Waals surface area contributed by atoms with E-state index in [-0.39, 0.29) is 0 Å². The molecule has 0 unspecified atom stereocenters. The van der Waals surface area contributed by atoms with E-state index in [0.717, 1.165) is 18.7 Å². The van der Waals surface area contributed by atoms with Crippen molar-refractivity contribution >= 4 is 5.90 Å². The summed E-state index contributed by atoms with van der Waals surface area (Å²) in [6, 6.07) is 0. The third-order valence-electron chi connectivity index (χ3n) is 1.52. The van der Waals surface area contributed by atoms with Gasteiger partial charge in [0.1, 0.15) is 0 Å². The molecule has 0 fully saturated rings. The predicted molar refractivity (Wildman–Crippen MR) is 57.8 cm³/mol. The second-order valence-electron chi connectivity index (χ2n) is 2.84. The molecule has 6 nitrogen and oxygen atoms in total. The van der Waals surface area contributed by atoms with E-state index >= 15 is 0 Å². The monoisotopic (exact) mass is 265 g/mol. The molecule has 1 aliphatic rings. The van der Waals surface area contributed by atoms with Gasteiger partial charge in [-0.1, -0.05) is 24.3 Å². The van der Waals surface area contributed by atoms with Crippen LogP contribution in [0.2, 0.25) is 0 Å². The Morgan fingerprint density at radius 2 is 1.88 bits per heavy atom. The van der Waals surface area contributed by atoms with E-state index in [2.05, 4.69) is 23.2 Å². The first-order chi connectivity index (χ1) is 7.93. The molecule has 0 amide bonds. The standard InChI is InChI=1S/C10H13NO.ClH3O4/c1-12-10-8-6-4-2-3-5-7-9-11-10;2-1(3,4)5/h3-7,9H,2,8H2,1H3;2-4H/b5-3+,6-4-,9-7-,11-10?;. The minimum absolute atomic E-state index is 0.748. The van der Waals surface area contributed by atoms with Gasteiger partial charge in [-0.15, -0.1) is 0 Å². The molecule has 17 heavy (non-hydrogen) atoms. The summed E-state index contributed by atoms with van der Waals surface area (Å²) in [6.07, 6.45) is 13.6. The SMILES string of the molecule is COC1=N/C=C\C=C\C/C=C\C1.[O-][Cl+](O)(O)O. The summed E-state index contributed by atoms with van der Waals surface area (Å²) in [6.45, 7) is 0. The van der Waals surface area contributed by atoms with E-state index in [1.54, 1.807) is 13.3 Å². The van der Waals surface area contributed by atoms with Crippen LogP contribution < -0.4 is 4.66 Å². The maximum absolute atomic E-state index is 8.83. The number of hydrogen-bond acceptors (Lipinski definition) is 6. The van der Waals surface area contributed by atoms with Crippen molar-refractivity contribution in [3.63, 3.8) is 0 Å². The fraction of sp³-hybridized carbons (Fsp3) is 0.300. The maximum atomic E-state index is 8.83. The van der Waals surface area contributed by atoms with Gasteiger partial charge in [0.15, 0.2) is 5.90 Å². The van der Waals surface area contributed by atoms with E-state index in [0.29, 0.717) is 0 Å². The van der Waals surface area contributed by atoms with Gasteiger partial charge in [-0.05, 0) is 12.5 Å². The van der Waals surface area contributed by atoms with Crippen LogP contribution in [-0.4, -0.2) is 27.0 Å². The molecule has 0 saturated heterocycles. The second-order valence-corrected chi connectivity index (χ2v) is 3.71. The predicted octanol–water partition coefficient (Wildman–Crippen LogP) is -0.409. The van der Waals surface area contributed by atoms with Crippen LogP contribution in [0.15, 0.2) is 41.6 Å². The van der Waals surface area contributed by atoms with E-state index in [1.165, 1.54) is 0 Å². The van der Waals surface area contributed by atoms with Gasteiger partial charge in [-0.25, -0.2) is 4.99 Å². The van der Waals surface area contributed by atoms with Crippen molar-refractivity contribution in [1.29, 1.82) is 0 Å². The topological polar surface area (TPSA) is 105 Å². The molecule has 3 N–H and O–H groups in total. The third-order valence-corrected chi connectivity index (χ3v) is 1.52. The molecular weight excluding hydrogens is 250 g/mol. The number of nitrogens with zero attached hydrogens (tertiary/aromatic N) is 1. The minimum atomic E-state index is -4.19. The fourth-order valence-corrected chi connectivity index (χ4v) is 0.881. The van der Waals surface area contributed by atoms with Crippen molar-refractivity contribution in [2.75, 3.05) is 7.11 Å². The van der Waals surface area contributed by atoms with Crippen molar-refractivity contribution in [3.8, 4) is 0 Å². The summed E-state index contributed by atoms with van der Waals surface area (Å²) in [5.74, 6) is 0.748. The van der Waals surface area contributed by atoms with Gasteiger partial charge < -0.3 is 4.74 Å². The van der Waals surface area contributed by atoms with Crippen LogP contribution in [0.4, 0.5) is 0 Å². The van der Waals surface area contributed by atoms with Crippen molar-refractivity contribution in [2.24, 2.45) is 4.99 Å². The molecule has 98 valence electrons. The molecule has 0 spiro atoms. The molecule has 0 aromatic carbocycles. The van der Waals surface area contributed by atoms with E-state index < -0.39 is 10.2 Å². The van der Waals surface area contributed by atoms with Gasteiger partial charge in [0, 0.05) is 12.6 Å². The number of methoxy groups -OCH3 is 1. The zero-order chi connectivity index (χ0) is 13.1. The molecule has 1 heterocycles. The summed E-state index contributed by atoms with van der Waals surface area (Å²) in [5, 5.41) is 0. The average Bonchev–Trinajstić information content (AvgIpc) is 2.23. The van der Waals surface area contributed by atoms with Crippen molar-refractivity contribution < 1.29 is 33.6 Å². The van der Waals surface area contributed by atoms with Crippen LogP contribution in [0.25, 0.3) is 0 Å². The van der Waals surface area contributed by atoms with Crippen LogP contribution >= 0.6 is 0 Å². The third kappa shape index (κ3) is 14.8. The Bertz CT molecular complexity index is 311. The Labute approximate surface area is 102 Å². The van der Waals surface area contributed by atoms with Gasteiger partial charge in [0.25, 0.3) is 0 Å². The Hall–Kier alpha value is -1.18. The second kappa shape index (κ2) is 8.91. The average molecular weight is 266 g/mol. The summed E-state index contributed by atoms with van der Waals surface area (Å²) >= 11 is 0. The number of ether oxygens (including phenoxy) is 1. The first-order valence-corrected chi connectivity index (χ1v) is 5.99. The van der Waals surface area contributed by atoms with Crippen LogP contribution in [-0.2, 0) is 4.74 Å². The number of rotatable bonds is 0. The molecule has 7 heteroatoms. The fourth-order valence-electron chi connectivity index (χ4n) is 0.881. The zero-order valence-electron chi connectivity index (χ0n) is 9.36. The van der Waals surface area contributed by atoms with Gasteiger partial charge in [-0.2, -0.15) is 0 Å². The molecule has 0 atom stereocenters. The Morgan fingerprint density at radius 1 is 1.24 bits per heavy atom. The van der Waals surface area contributed by atoms with Gasteiger partial charge in [0.2, 0.25) is 0 Å². The van der Waals surface area contributed by atoms with Crippen LogP contribution in [0, 0.1) is 10.2 Å². The van der Waals surface area contributed by atoms with Gasteiger partial charge in [0.05, 0.1) is 7.11 Å². The normalized spacial score (nSPS) is 22.3. The summed E-state index contributed by atoms with van der Waals surface area (Å²) in [7, 11) is -2.55. The van der Waals surface area contributed by atoms with E-state index in [9.17, 15) is 0 Å². The van der Waals surface area contributed by atoms with Crippen molar-refractivity contribution in [3.05, 3.63) is 36.6 Å². The molecular formula is C10H16ClNO5. The number of hydrogen-bond donors (Lipinski definition) is 3. The molecule has 0 bridgehead atoms. The zero-order valence-corrected chi connectivity index (χ0v) is 10.1. The molecule has 1 rings (SSSR count). The Kier molecular flexibility index (Phi) is 8.29. The van der Waals surface area contributed by atoms with Crippen LogP contribution in [0.5, 0.6) is 0 Å². The summed E-state index contributed by atoms with van der Waals surface area (Å²) in [4.78, 5) is 4.11. The van der Waals surface area contributed by atoms with Crippen molar-refractivity contribution in [1.82, 2.24) is 0 Å². The molecule has 0 radical (unpaired) electrons. The molecule has 0 saturated carbocycles. The summed E-state index contributed by atoms with van der Waals surface area (Å²) in [5.41, 5.74) is 0. The number of aliphatic imine (C=N–C) groups is 1. The van der Waals surface area contributed by atoms with Crippen molar-refractivity contribution in [2.45, 2.75) is 12.8 Å².